The van der Waals surface area contributed by atoms with Crippen molar-refractivity contribution in [1.82, 2.24) is 0 Å². The third-order valence-electron chi connectivity index (χ3n) is 2.52. The van der Waals surface area contributed by atoms with Crippen LogP contribution in [0.1, 0.15) is 11.1 Å². The molecule has 1 aromatic heterocycles. The minimum Gasteiger partial charge on any atom is -0.496 e. The van der Waals surface area contributed by atoms with E-state index in [2.05, 4.69) is 42.8 Å². The fraction of sp³-hybridized carbons (Fsp3) is 0.231. The summed E-state index contributed by atoms with van der Waals surface area (Å²) in [4.78, 5) is 0. The molecule has 0 saturated carbocycles. The van der Waals surface area contributed by atoms with E-state index in [9.17, 15) is 0 Å². The summed E-state index contributed by atoms with van der Waals surface area (Å²) in [6.45, 7) is 4.17. The molecule has 2 aromatic rings. The molecular weight excluding hydrogens is 204 g/mol. The Kier molecular flexibility index (Phi) is 2.78. The van der Waals surface area contributed by atoms with Crippen molar-refractivity contribution < 1.29 is 4.74 Å². The maximum Gasteiger partial charge on any atom is 0.124 e. The van der Waals surface area contributed by atoms with Crippen LogP contribution in [-0.2, 0) is 0 Å². The molecule has 2 rings (SSSR count). The standard InChI is InChI=1S/C13H14OS/c1-9-6-12(11-4-5-15-8-11)7-10(2)13(9)14-3/h4-8H,1-3H3. The van der Waals surface area contributed by atoms with E-state index in [-0.39, 0.29) is 0 Å². The second kappa shape index (κ2) is 4.07. The maximum absolute atomic E-state index is 5.35. The second-order valence-electron chi connectivity index (χ2n) is 3.66. The Balaban J connectivity index is 2.53. The highest BCUT2D eigenvalue weighted by Gasteiger charge is 2.06. The largest absolute Gasteiger partial charge is 0.496 e. The van der Waals surface area contributed by atoms with Crippen molar-refractivity contribution in [1.29, 1.82) is 0 Å². The molecule has 1 heterocycles. The number of thiophene rings is 1. The first-order chi connectivity index (χ1) is 7.22. The van der Waals surface area contributed by atoms with Crippen LogP contribution in [0.2, 0.25) is 0 Å². The van der Waals surface area contributed by atoms with Crippen LogP contribution in [0, 0.1) is 13.8 Å². The van der Waals surface area contributed by atoms with E-state index < -0.39 is 0 Å². The first kappa shape index (κ1) is 10.2. The van der Waals surface area contributed by atoms with Crippen molar-refractivity contribution in [3.05, 3.63) is 40.1 Å². The topological polar surface area (TPSA) is 9.23 Å². The van der Waals surface area contributed by atoms with Crippen LogP contribution < -0.4 is 4.74 Å². The number of rotatable bonds is 2. The van der Waals surface area contributed by atoms with Crippen LogP contribution in [-0.4, -0.2) is 7.11 Å². The lowest BCUT2D eigenvalue weighted by molar-refractivity contribution is 0.408. The van der Waals surface area contributed by atoms with E-state index in [0.717, 1.165) is 5.75 Å². The minimum atomic E-state index is 0.994. The Hall–Kier alpha value is -1.28. The molecule has 15 heavy (non-hydrogen) atoms. The average Bonchev–Trinajstić information content (AvgIpc) is 2.69. The Bertz CT molecular complexity index is 434. The first-order valence-electron chi connectivity index (χ1n) is 4.90. The predicted molar refractivity (Wildman–Crippen MR) is 65.8 cm³/mol. The highest BCUT2D eigenvalue weighted by molar-refractivity contribution is 7.08. The highest BCUT2D eigenvalue weighted by Crippen LogP contribution is 2.30. The number of hydrogen-bond donors (Lipinski definition) is 0. The average molecular weight is 218 g/mol. The zero-order valence-electron chi connectivity index (χ0n) is 9.20. The zero-order chi connectivity index (χ0) is 10.8. The summed E-state index contributed by atoms with van der Waals surface area (Å²) in [7, 11) is 1.72. The molecule has 0 aliphatic heterocycles. The Morgan fingerprint density at radius 1 is 1.07 bits per heavy atom. The third kappa shape index (κ3) is 1.90. The van der Waals surface area contributed by atoms with Gasteiger partial charge < -0.3 is 4.74 Å². The molecule has 0 unspecified atom stereocenters. The molecule has 0 aliphatic rings. The van der Waals surface area contributed by atoms with E-state index in [1.807, 2.05) is 0 Å². The fourth-order valence-electron chi connectivity index (χ4n) is 1.87. The van der Waals surface area contributed by atoms with Gasteiger partial charge in [-0.25, -0.2) is 0 Å². The Morgan fingerprint density at radius 2 is 1.73 bits per heavy atom. The van der Waals surface area contributed by atoms with Gasteiger partial charge in [-0.05, 0) is 65.1 Å². The van der Waals surface area contributed by atoms with Crippen molar-refractivity contribution in [2.45, 2.75) is 13.8 Å². The molecule has 78 valence electrons. The van der Waals surface area contributed by atoms with E-state index in [1.54, 1.807) is 18.4 Å². The second-order valence-corrected chi connectivity index (χ2v) is 4.44. The third-order valence-corrected chi connectivity index (χ3v) is 3.20. The van der Waals surface area contributed by atoms with Gasteiger partial charge in [-0.1, -0.05) is 0 Å². The van der Waals surface area contributed by atoms with Crippen LogP contribution in [0.25, 0.3) is 11.1 Å². The summed E-state index contributed by atoms with van der Waals surface area (Å²) in [5.74, 6) is 0.994. The monoisotopic (exact) mass is 218 g/mol. The van der Waals surface area contributed by atoms with E-state index >= 15 is 0 Å². The molecule has 2 heteroatoms. The summed E-state index contributed by atoms with van der Waals surface area (Å²) in [5, 5.41) is 4.27. The van der Waals surface area contributed by atoms with Gasteiger partial charge >= 0.3 is 0 Å². The quantitative estimate of drug-likeness (QED) is 0.739. The SMILES string of the molecule is COc1c(C)cc(-c2ccsc2)cc1C. The van der Waals surface area contributed by atoms with Crippen LogP contribution in [0.4, 0.5) is 0 Å². The van der Waals surface area contributed by atoms with Crippen LogP contribution in [0.3, 0.4) is 0 Å². The molecule has 0 fully saturated rings. The summed E-state index contributed by atoms with van der Waals surface area (Å²) < 4.78 is 5.35. The maximum atomic E-state index is 5.35. The summed E-state index contributed by atoms with van der Waals surface area (Å²) >= 11 is 1.72. The van der Waals surface area contributed by atoms with Crippen molar-refractivity contribution >= 4 is 11.3 Å². The van der Waals surface area contributed by atoms with Gasteiger partial charge in [0.2, 0.25) is 0 Å². The number of benzene rings is 1. The molecule has 0 saturated heterocycles. The normalized spacial score (nSPS) is 10.3. The van der Waals surface area contributed by atoms with Gasteiger partial charge in [0.1, 0.15) is 5.75 Å². The van der Waals surface area contributed by atoms with Crippen molar-refractivity contribution in [2.24, 2.45) is 0 Å². The first-order valence-corrected chi connectivity index (χ1v) is 5.84. The number of ether oxygens (including phenoxy) is 1. The zero-order valence-corrected chi connectivity index (χ0v) is 10.0. The fourth-order valence-corrected chi connectivity index (χ4v) is 2.53. The van der Waals surface area contributed by atoms with Crippen LogP contribution in [0.5, 0.6) is 5.75 Å². The highest BCUT2D eigenvalue weighted by atomic mass is 32.1. The van der Waals surface area contributed by atoms with Gasteiger partial charge in [0.25, 0.3) is 0 Å². The molecule has 0 aliphatic carbocycles. The molecule has 0 N–H and O–H groups in total. The smallest absolute Gasteiger partial charge is 0.124 e. The van der Waals surface area contributed by atoms with Crippen molar-refractivity contribution in [2.75, 3.05) is 7.11 Å². The van der Waals surface area contributed by atoms with Gasteiger partial charge in [-0.3, -0.25) is 0 Å². The number of hydrogen-bond acceptors (Lipinski definition) is 2. The Morgan fingerprint density at radius 3 is 2.20 bits per heavy atom. The van der Waals surface area contributed by atoms with Gasteiger partial charge in [0.05, 0.1) is 7.11 Å². The van der Waals surface area contributed by atoms with Gasteiger partial charge in [0, 0.05) is 0 Å². The molecular formula is C13H14OS. The molecule has 1 aromatic carbocycles. The lowest BCUT2D eigenvalue weighted by atomic mass is 10.0. The predicted octanol–water partition coefficient (Wildman–Crippen LogP) is 4.04. The molecule has 0 atom stereocenters. The van der Waals surface area contributed by atoms with E-state index in [1.165, 1.54) is 22.3 Å². The number of methoxy groups -OCH3 is 1. The minimum absolute atomic E-state index is 0.994. The summed E-state index contributed by atoms with van der Waals surface area (Å²) in [5.41, 5.74) is 4.94. The van der Waals surface area contributed by atoms with E-state index in [4.69, 9.17) is 4.74 Å². The van der Waals surface area contributed by atoms with Crippen molar-refractivity contribution in [3.63, 3.8) is 0 Å². The summed E-state index contributed by atoms with van der Waals surface area (Å²) in [6.07, 6.45) is 0. The molecule has 0 spiro atoms. The van der Waals surface area contributed by atoms with Gasteiger partial charge in [-0.15, -0.1) is 0 Å². The number of aryl methyl sites for hydroxylation is 2. The van der Waals surface area contributed by atoms with E-state index in [0.29, 0.717) is 0 Å². The van der Waals surface area contributed by atoms with Crippen LogP contribution >= 0.6 is 11.3 Å². The molecule has 1 nitrogen and oxygen atoms in total. The summed E-state index contributed by atoms with van der Waals surface area (Å²) in [6, 6.07) is 6.49. The van der Waals surface area contributed by atoms with Crippen LogP contribution in [0.15, 0.2) is 29.0 Å². The van der Waals surface area contributed by atoms with Gasteiger partial charge in [-0.2, -0.15) is 11.3 Å². The lowest BCUT2D eigenvalue weighted by Crippen LogP contribution is -1.91. The lowest BCUT2D eigenvalue weighted by Gasteiger charge is -2.10. The van der Waals surface area contributed by atoms with Crippen molar-refractivity contribution in [3.8, 4) is 16.9 Å². The molecule has 0 bridgehead atoms. The molecule has 0 amide bonds. The Labute approximate surface area is 94.3 Å². The molecule has 0 radical (unpaired) electrons. The van der Waals surface area contributed by atoms with Gasteiger partial charge in [0.15, 0.2) is 0 Å².